The summed E-state index contributed by atoms with van der Waals surface area (Å²) in [6.45, 7) is 6.99. The van der Waals surface area contributed by atoms with Crippen LogP contribution in [0.1, 0.15) is 52.9 Å². The highest BCUT2D eigenvalue weighted by Gasteiger charge is 2.40. The van der Waals surface area contributed by atoms with E-state index in [9.17, 15) is 19.5 Å². The molecule has 0 rings (SSSR count). The van der Waals surface area contributed by atoms with Crippen molar-refractivity contribution >= 4 is 17.7 Å². The third-order valence-electron chi connectivity index (χ3n) is 3.01. The molecule has 7 nitrogen and oxygen atoms in total. The first-order valence-corrected chi connectivity index (χ1v) is 7.93. The van der Waals surface area contributed by atoms with Crippen LogP contribution in [0.25, 0.3) is 0 Å². The second-order valence-electron chi connectivity index (χ2n) is 5.34. The molecule has 0 atom stereocenters. The summed E-state index contributed by atoms with van der Waals surface area (Å²) in [6, 6.07) is 0. The topological polar surface area (TPSA) is 108 Å². The number of aliphatic hydroxyl groups is 1. The van der Waals surface area contributed by atoms with E-state index in [-0.39, 0.29) is 0 Å². The molecular weight excluding hydrogens is 286 g/mol. The third kappa shape index (κ3) is 7.97. The van der Waals surface area contributed by atoms with Gasteiger partial charge in [0.2, 0.25) is 11.8 Å². The maximum atomic E-state index is 12.1. The van der Waals surface area contributed by atoms with Gasteiger partial charge in [0.1, 0.15) is 0 Å². The molecule has 128 valence electrons. The monoisotopic (exact) mass is 315 g/mol. The van der Waals surface area contributed by atoms with Gasteiger partial charge in [-0.1, -0.05) is 20.8 Å². The van der Waals surface area contributed by atoms with Gasteiger partial charge in [-0.25, -0.2) is 0 Å². The molecule has 0 bridgehead atoms. The lowest BCUT2D eigenvalue weighted by atomic mass is 9.93. The van der Waals surface area contributed by atoms with Gasteiger partial charge in [-0.05, 0) is 19.3 Å². The van der Waals surface area contributed by atoms with Gasteiger partial charge in [0.25, 0.3) is 5.91 Å². The molecule has 0 fully saturated rings. The van der Waals surface area contributed by atoms with E-state index in [2.05, 4.69) is 16.0 Å². The van der Waals surface area contributed by atoms with Crippen molar-refractivity contribution in [2.75, 3.05) is 19.6 Å². The van der Waals surface area contributed by atoms with Crippen LogP contribution in [-0.2, 0) is 14.4 Å². The van der Waals surface area contributed by atoms with Crippen LogP contribution >= 0.6 is 0 Å². The zero-order valence-corrected chi connectivity index (χ0v) is 13.8. The molecule has 0 radical (unpaired) electrons. The van der Waals surface area contributed by atoms with Crippen molar-refractivity contribution in [1.82, 2.24) is 16.0 Å². The van der Waals surface area contributed by atoms with Gasteiger partial charge in [0, 0.05) is 19.6 Å². The van der Waals surface area contributed by atoms with Crippen molar-refractivity contribution in [3.05, 3.63) is 0 Å². The molecule has 4 N–H and O–H groups in total. The third-order valence-corrected chi connectivity index (χ3v) is 3.01. The molecule has 0 aliphatic heterocycles. The average Bonchev–Trinajstić information content (AvgIpc) is 2.48. The second kappa shape index (κ2) is 11.0. The van der Waals surface area contributed by atoms with E-state index in [1.54, 1.807) is 0 Å². The van der Waals surface area contributed by atoms with Crippen molar-refractivity contribution in [3.63, 3.8) is 0 Å². The molecule has 0 heterocycles. The molecule has 0 aromatic carbocycles. The average molecular weight is 315 g/mol. The van der Waals surface area contributed by atoms with Crippen LogP contribution < -0.4 is 16.0 Å². The van der Waals surface area contributed by atoms with Crippen LogP contribution in [0.5, 0.6) is 0 Å². The number of amides is 3. The number of carbonyl (C=O) groups is 3. The summed E-state index contributed by atoms with van der Waals surface area (Å²) in [4.78, 5) is 35.7. The lowest BCUT2D eigenvalue weighted by Crippen LogP contribution is -2.52. The molecule has 3 amide bonds. The second-order valence-corrected chi connectivity index (χ2v) is 5.34. The van der Waals surface area contributed by atoms with Crippen LogP contribution in [0.4, 0.5) is 0 Å². The molecule has 0 saturated carbocycles. The molecule has 0 aromatic heterocycles. The Morgan fingerprint density at radius 3 is 1.50 bits per heavy atom. The van der Waals surface area contributed by atoms with Gasteiger partial charge in [0.05, 0.1) is 12.8 Å². The van der Waals surface area contributed by atoms with Crippen molar-refractivity contribution in [1.29, 1.82) is 0 Å². The van der Waals surface area contributed by atoms with E-state index >= 15 is 0 Å². The van der Waals surface area contributed by atoms with E-state index in [0.717, 1.165) is 12.8 Å². The van der Waals surface area contributed by atoms with Crippen LogP contribution in [0, 0.1) is 0 Å². The fraction of sp³-hybridized carbons (Fsp3) is 0.800. The summed E-state index contributed by atoms with van der Waals surface area (Å²) in [5.74, 6) is -1.58. The predicted molar refractivity (Wildman–Crippen MR) is 84.1 cm³/mol. The number of hydrogen-bond acceptors (Lipinski definition) is 4. The zero-order chi connectivity index (χ0) is 17.0. The summed E-state index contributed by atoms with van der Waals surface area (Å²) in [7, 11) is 0. The Balaban J connectivity index is 4.83. The van der Waals surface area contributed by atoms with Gasteiger partial charge >= 0.3 is 0 Å². The maximum Gasteiger partial charge on any atom is 0.253 e. The van der Waals surface area contributed by atoms with E-state index in [1.165, 1.54) is 0 Å². The van der Waals surface area contributed by atoms with Crippen molar-refractivity contribution < 1.29 is 19.5 Å². The molecule has 7 heteroatoms. The molecule has 0 saturated heterocycles. The van der Waals surface area contributed by atoms with Gasteiger partial charge in [0.15, 0.2) is 5.60 Å². The minimum absolute atomic E-state index is 0.383. The van der Waals surface area contributed by atoms with Crippen molar-refractivity contribution in [3.8, 4) is 0 Å². The maximum absolute atomic E-state index is 12.1. The Morgan fingerprint density at radius 2 is 1.14 bits per heavy atom. The largest absolute Gasteiger partial charge is 0.379 e. The van der Waals surface area contributed by atoms with E-state index in [1.807, 2.05) is 20.8 Å². The van der Waals surface area contributed by atoms with E-state index in [4.69, 9.17) is 0 Å². The number of hydrogen-bond donors (Lipinski definition) is 4. The zero-order valence-electron chi connectivity index (χ0n) is 13.8. The number of rotatable bonds is 11. The minimum atomic E-state index is -2.02. The molecule has 0 aromatic rings. The highest BCUT2D eigenvalue weighted by molar-refractivity contribution is 5.95. The summed E-state index contributed by atoms with van der Waals surface area (Å²) in [5.41, 5.74) is -2.02. The number of carbonyl (C=O) groups excluding carboxylic acids is 3. The van der Waals surface area contributed by atoms with Crippen LogP contribution in [0.2, 0.25) is 0 Å². The summed E-state index contributed by atoms with van der Waals surface area (Å²) >= 11 is 0. The van der Waals surface area contributed by atoms with Crippen LogP contribution in [0.15, 0.2) is 0 Å². The molecule has 22 heavy (non-hydrogen) atoms. The Morgan fingerprint density at radius 1 is 0.773 bits per heavy atom. The summed E-state index contributed by atoms with van der Waals surface area (Å²) < 4.78 is 0. The standard InChI is InChI=1S/C15H29N3O4/c1-4-7-16-12(19)10-15(22,14(21)18-9-6-3)11-13(20)17-8-5-2/h22H,4-11H2,1-3H3,(H,16,19)(H,17,20)(H,18,21). The predicted octanol–water partition coefficient (Wildman–Crippen LogP) is 0.0763. The first-order valence-electron chi connectivity index (χ1n) is 7.93. The minimum Gasteiger partial charge on any atom is -0.379 e. The summed E-state index contributed by atoms with van der Waals surface area (Å²) in [5, 5.41) is 18.3. The summed E-state index contributed by atoms with van der Waals surface area (Å²) in [6.07, 6.45) is 1.35. The van der Waals surface area contributed by atoms with Crippen LogP contribution in [0.3, 0.4) is 0 Å². The van der Waals surface area contributed by atoms with E-state index in [0.29, 0.717) is 26.1 Å². The molecule has 0 unspecified atom stereocenters. The lowest BCUT2D eigenvalue weighted by Gasteiger charge is -2.26. The molecule has 0 aliphatic carbocycles. The van der Waals surface area contributed by atoms with E-state index < -0.39 is 36.2 Å². The van der Waals surface area contributed by atoms with Crippen LogP contribution in [-0.4, -0.2) is 48.1 Å². The Labute approximate surface area is 132 Å². The Kier molecular flexibility index (Phi) is 10.2. The van der Waals surface area contributed by atoms with Gasteiger partial charge in [-0.3, -0.25) is 14.4 Å². The fourth-order valence-corrected chi connectivity index (χ4v) is 1.81. The highest BCUT2D eigenvalue weighted by atomic mass is 16.3. The molecular formula is C15H29N3O4. The van der Waals surface area contributed by atoms with Gasteiger partial charge in [-0.2, -0.15) is 0 Å². The molecule has 0 spiro atoms. The Bertz CT molecular complexity index is 350. The lowest BCUT2D eigenvalue weighted by molar-refractivity contribution is -0.149. The first kappa shape index (κ1) is 20.4. The molecule has 0 aliphatic rings. The van der Waals surface area contributed by atoms with Crippen molar-refractivity contribution in [2.45, 2.75) is 58.5 Å². The fourth-order valence-electron chi connectivity index (χ4n) is 1.81. The van der Waals surface area contributed by atoms with Gasteiger partial charge in [-0.15, -0.1) is 0 Å². The SMILES string of the molecule is CCCNC(=O)CC(O)(CC(=O)NCCC)C(=O)NCCC. The smallest absolute Gasteiger partial charge is 0.253 e. The van der Waals surface area contributed by atoms with Crippen molar-refractivity contribution in [2.24, 2.45) is 0 Å². The Hall–Kier alpha value is -1.63. The number of nitrogens with one attached hydrogen (secondary N) is 3. The quantitative estimate of drug-likeness (QED) is 0.433. The normalized spacial score (nSPS) is 10.9. The highest BCUT2D eigenvalue weighted by Crippen LogP contribution is 2.16. The first-order chi connectivity index (χ1) is 10.4. The van der Waals surface area contributed by atoms with Gasteiger partial charge < -0.3 is 21.1 Å².